The molecule has 0 saturated carbocycles. The SMILES string of the molecule is Cc1nc(-c2ccccc2)ccc1C(=O)N1CC(CN)CC1C. The van der Waals surface area contributed by atoms with Crippen LogP contribution in [0, 0.1) is 12.8 Å². The molecule has 0 bridgehead atoms. The Morgan fingerprint density at radius 2 is 2.00 bits per heavy atom. The molecule has 1 aromatic heterocycles. The van der Waals surface area contributed by atoms with E-state index in [9.17, 15) is 4.79 Å². The highest BCUT2D eigenvalue weighted by atomic mass is 16.2. The summed E-state index contributed by atoms with van der Waals surface area (Å²) in [6, 6.07) is 14.1. The molecule has 2 unspecified atom stereocenters. The van der Waals surface area contributed by atoms with E-state index in [1.807, 2.05) is 54.3 Å². The molecule has 4 heteroatoms. The quantitative estimate of drug-likeness (QED) is 0.948. The largest absolute Gasteiger partial charge is 0.336 e. The topological polar surface area (TPSA) is 59.2 Å². The molecule has 1 amide bonds. The molecule has 0 radical (unpaired) electrons. The number of nitrogens with zero attached hydrogens (tertiary/aromatic N) is 2. The van der Waals surface area contributed by atoms with Gasteiger partial charge in [-0.2, -0.15) is 0 Å². The summed E-state index contributed by atoms with van der Waals surface area (Å²) >= 11 is 0. The van der Waals surface area contributed by atoms with Crippen molar-refractivity contribution >= 4 is 5.91 Å². The van der Waals surface area contributed by atoms with Crippen molar-refractivity contribution in [2.75, 3.05) is 13.1 Å². The first kappa shape index (κ1) is 15.7. The van der Waals surface area contributed by atoms with Crippen molar-refractivity contribution in [1.29, 1.82) is 0 Å². The highest BCUT2D eigenvalue weighted by Gasteiger charge is 2.32. The van der Waals surface area contributed by atoms with Gasteiger partial charge in [-0.25, -0.2) is 0 Å². The molecule has 1 saturated heterocycles. The average Bonchev–Trinajstić information content (AvgIpc) is 2.96. The molecular formula is C19H23N3O. The molecule has 0 aliphatic carbocycles. The van der Waals surface area contributed by atoms with Crippen LogP contribution in [0.2, 0.25) is 0 Å². The van der Waals surface area contributed by atoms with Gasteiger partial charge in [-0.3, -0.25) is 9.78 Å². The fourth-order valence-corrected chi connectivity index (χ4v) is 3.31. The number of amides is 1. The Hall–Kier alpha value is -2.20. The fourth-order valence-electron chi connectivity index (χ4n) is 3.31. The first-order valence-electron chi connectivity index (χ1n) is 8.14. The van der Waals surface area contributed by atoms with Crippen molar-refractivity contribution in [2.24, 2.45) is 11.7 Å². The molecule has 3 rings (SSSR count). The van der Waals surface area contributed by atoms with Gasteiger partial charge < -0.3 is 10.6 Å². The molecule has 2 N–H and O–H groups in total. The van der Waals surface area contributed by atoms with E-state index in [1.54, 1.807) is 0 Å². The smallest absolute Gasteiger partial charge is 0.255 e. The van der Waals surface area contributed by atoms with Gasteiger partial charge in [0.05, 0.1) is 17.0 Å². The number of nitrogens with two attached hydrogens (primary N) is 1. The van der Waals surface area contributed by atoms with Gasteiger partial charge in [0.2, 0.25) is 0 Å². The molecule has 1 aliphatic rings. The molecule has 1 aromatic carbocycles. The number of benzene rings is 1. The summed E-state index contributed by atoms with van der Waals surface area (Å²) < 4.78 is 0. The van der Waals surface area contributed by atoms with Gasteiger partial charge in [-0.1, -0.05) is 30.3 Å². The van der Waals surface area contributed by atoms with Gasteiger partial charge in [0.15, 0.2) is 0 Å². The van der Waals surface area contributed by atoms with Crippen LogP contribution in [-0.4, -0.2) is 34.9 Å². The van der Waals surface area contributed by atoms with Gasteiger partial charge >= 0.3 is 0 Å². The summed E-state index contributed by atoms with van der Waals surface area (Å²) in [7, 11) is 0. The normalized spacial score (nSPS) is 20.7. The summed E-state index contributed by atoms with van der Waals surface area (Å²) in [6.45, 7) is 5.38. The highest BCUT2D eigenvalue weighted by Crippen LogP contribution is 2.26. The Morgan fingerprint density at radius 1 is 1.26 bits per heavy atom. The van der Waals surface area contributed by atoms with Crippen LogP contribution >= 0.6 is 0 Å². The van der Waals surface area contributed by atoms with Crippen molar-refractivity contribution in [1.82, 2.24) is 9.88 Å². The van der Waals surface area contributed by atoms with E-state index in [0.29, 0.717) is 18.0 Å². The average molecular weight is 309 g/mol. The molecule has 1 aliphatic heterocycles. The maximum Gasteiger partial charge on any atom is 0.255 e. The van der Waals surface area contributed by atoms with Crippen LogP contribution in [0.4, 0.5) is 0 Å². The first-order chi connectivity index (χ1) is 11.1. The standard InChI is InChI=1S/C19H23N3O/c1-13-10-15(11-20)12-22(13)19(23)17-8-9-18(21-14(17)2)16-6-4-3-5-7-16/h3-9,13,15H,10-12,20H2,1-2H3. The molecule has 2 aromatic rings. The Labute approximate surface area is 137 Å². The second kappa shape index (κ2) is 6.50. The molecule has 2 atom stereocenters. The van der Waals surface area contributed by atoms with E-state index < -0.39 is 0 Å². The summed E-state index contributed by atoms with van der Waals surface area (Å²) in [6.07, 6.45) is 0.983. The Balaban J connectivity index is 1.85. The zero-order valence-electron chi connectivity index (χ0n) is 13.7. The van der Waals surface area contributed by atoms with Gasteiger partial charge in [0, 0.05) is 18.2 Å². The highest BCUT2D eigenvalue weighted by molar-refractivity contribution is 5.96. The van der Waals surface area contributed by atoms with Crippen LogP contribution in [0.25, 0.3) is 11.3 Å². The molecule has 1 fully saturated rings. The third-order valence-electron chi connectivity index (χ3n) is 4.64. The lowest BCUT2D eigenvalue weighted by Gasteiger charge is -2.22. The maximum absolute atomic E-state index is 12.8. The molecule has 120 valence electrons. The van der Waals surface area contributed by atoms with E-state index in [-0.39, 0.29) is 11.9 Å². The van der Waals surface area contributed by atoms with Crippen LogP contribution in [0.3, 0.4) is 0 Å². The minimum atomic E-state index is 0.0676. The number of hydrogen-bond donors (Lipinski definition) is 1. The van der Waals surface area contributed by atoms with Crippen molar-refractivity contribution < 1.29 is 4.79 Å². The van der Waals surface area contributed by atoms with Crippen molar-refractivity contribution in [3.8, 4) is 11.3 Å². The van der Waals surface area contributed by atoms with Gasteiger partial charge in [0.1, 0.15) is 0 Å². The van der Waals surface area contributed by atoms with Gasteiger partial charge in [0.25, 0.3) is 5.91 Å². The second-order valence-electron chi connectivity index (χ2n) is 6.34. The predicted molar refractivity (Wildman–Crippen MR) is 92.1 cm³/mol. The Bertz CT molecular complexity index is 699. The number of carbonyl (C=O) groups excluding carboxylic acids is 1. The lowest BCUT2D eigenvalue weighted by atomic mass is 10.1. The van der Waals surface area contributed by atoms with E-state index in [0.717, 1.165) is 29.9 Å². The Kier molecular flexibility index (Phi) is 4.44. The lowest BCUT2D eigenvalue weighted by Crippen LogP contribution is -2.35. The van der Waals surface area contributed by atoms with Crippen LogP contribution < -0.4 is 5.73 Å². The monoisotopic (exact) mass is 309 g/mol. The van der Waals surface area contributed by atoms with Gasteiger partial charge in [-0.05, 0) is 44.9 Å². The number of likely N-dealkylation sites (tertiary alicyclic amines) is 1. The summed E-state index contributed by atoms with van der Waals surface area (Å²) in [5.41, 5.74) is 9.19. The minimum Gasteiger partial charge on any atom is -0.336 e. The van der Waals surface area contributed by atoms with Crippen LogP contribution in [0.15, 0.2) is 42.5 Å². The lowest BCUT2D eigenvalue weighted by molar-refractivity contribution is 0.0742. The molecule has 2 heterocycles. The zero-order chi connectivity index (χ0) is 16.4. The van der Waals surface area contributed by atoms with Gasteiger partial charge in [-0.15, -0.1) is 0 Å². The summed E-state index contributed by atoms with van der Waals surface area (Å²) in [5, 5.41) is 0. The maximum atomic E-state index is 12.8. The van der Waals surface area contributed by atoms with Crippen molar-refractivity contribution in [3.63, 3.8) is 0 Å². The van der Waals surface area contributed by atoms with E-state index >= 15 is 0 Å². The number of aromatic nitrogens is 1. The van der Waals surface area contributed by atoms with Crippen LogP contribution in [-0.2, 0) is 0 Å². The molecule has 4 nitrogen and oxygen atoms in total. The number of rotatable bonds is 3. The number of aryl methyl sites for hydroxylation is 1. The third kappa shape index (κ3) is 3.13. The minimum absolute atomic E-state index is 0.0676. The Morgan fingerprint density at radius 3 is 2.61 bits per heavy atom. The van der Waals surface area contributed by atoms with Crippen molar-refractivity contribution in [2.45, 2.75) is 26.3 Å². The van der Waals surface area contributed by atoms with E-state index in [2.05, 4.69) is 11.9 Å². The van der Waals surface area contributed by atoms with Crippen molar-refractivity contribution in [3.05, 3.63) is 53.7 Å². The van der Waals surface area contributed by atoms with E-state index in [4.69, 9.17) is 5.73 Å². The molecular weight excluding hydrogens is 286 g/mol. The first-order valence-corrected chi connectivity index (χ1v) is 8.14. The third-order valence-corrected chi connectivity index (χ3v) is 4.64. The molecule has 23 heavy (non-hydrogen) atoms. The van der Waals surface area contributed by atoms with E-state index in [1.165, 1.54) is 0 Å². The fraction of sp³-hybridized carbons (Fsp3) is 0.368. The zero-order valence-corrected chi connectivity index (χ0v) is 13.7. The summed E-state index contributed by atoms with van der Waals surface area (Å²) in [4.78, 5) is 19.4. The molecule has 0 spiro atoms. The number of carbonyl (C=O) groups is 1. The predicted octanol–water partition coefficient (Wildman–Crippen LogP) is 2.87. The van der Waals surface area contributed by atoms with Crippen LogP contribution in [0.1, 0.15) is 29.4 Å². The number of hydrogen-bond acceptors (Lipinski definition) is 3. The summed E-state index contributed by atoms with van der Waals surface area (Å²) in [5.74, 6) is 0.476. The number of pyridine rings is 1. The second-order valence-corrected chi connectivity index (χ2v) is 6.34. The van der Waals surface area contributed by atoms with Crippen LogP contribution in [0.5, 0.6) is 0 Å².